The van der Waals surface area contributed by atoms with Gasteiger partial charge >= 0.3 is 0 Å². The number of benzene rings is 2. The van der Waals surface area contributed by atoms with E-state index in [1.54, 1.807) is 12.3 Å². The van der Waals surface area contributed by atoms with Crippen LogP contribution in [0.3, 0.4) is 0 Å². The average molecular weight is 420 g/mol. The van der Waals surface area contributed by atoms with Crippen molar-refractivity contribution in [3.63, 3.8) is 0 Å². The number of hydrogen-bond donors (Lipinski definition) is 1. The van der Waals surface area contributed by atoms with Gasteiger partial charge in [0.1, 0.15) is 5.75 Å². The van der Waals surface area contributed by atoms with E-state index in [9.17, 15) is 4.79 Å². The number of carbonyl (C=O) groups excluding carboxylic acids is 1. The number of hydrogen-bond acceptors (Lipinski definition) is 3. The fourth-order valence-corrected chi connectivity index (χ4v) is 2.48. The zero-order chi connectivity index (χ0) is 16.5. The highest BCUT2D eigenvalue weighted by molar-refractivity contribution is 14.1. The molecule has 118 valence electrons. The highest BCUT2D eigenvalue weighted by atomic mass is 127. The van der Waals surface area contributed by atoms with Gasteiger partial charge in [-0.3, -0.25) is 4.79 Å². The third-order valence-electron chi connectivity index (χ3n) is 2.95. The molecule has 0 saturated heterocycles. The van der Waals surface area contributed by atoms with Crippen LogP contribution in [0.25, 0.3) is 0 Å². The Bertz CT molecular complexity index is 714. The molecule has 5 heteroatoms. The monoisotopic (exact) mass is 420 g/mol. The first-order valence-corrected chi connectivity index (χ1v) is 8.16. The van der Waals surface area contributed by atoms with E-state index >= 15 is 0 Å². The van der Waals surface area contributed by atoms with Gasteiger partial charge < -0.3 is 4.74 Å². The van der Waals surface area contributed by atoms with Crippen molar-refractivity contribution >= 4 is 34.7 Å². The standard InChI is InChI=1S/C18H17IN2O2/c1-2-6-15-8-3-4-10-17(15)23-13-18(22)21-20-12-14-7-5-9-16(19)11-14/h2-5,7-12H,1,6,13H2,(H,21,22). The Morgan fingerprint density at radius 3 is 2.87 bits per heavy atom. The minimum Gasteiger partial charge on any atom is -0.483 e. The molecule has 0 fully saturated rings. The van der Waals surface area contributed by atoms with Crippen molar-refractivity contribution in [1.82, 2.24) is 5.43 Å². The van der Waals surface area contributed by atoms with Crippen molar-refractivity contribution in [2.24, 2.45) is 5.10 Å². The van der Waals surface area contributed by atoms with E-state index in [0.717, 1.165) is 14.7 Å². The lowest BCUT2D eigenvalue weighted by Crippen LogP contribution is -2.24. The van der Waals surface area contributed by atoms with Crippen molar-refractivity contribution in [2.45, 2.75) is 6.42 Å². The lowest BCUT2D eigenvalue weighted by Gasteiger charge is -2.09. The van der Waals surface area contributed by atoms with Gasteiger partial charge in [-0.1, -0.05) is 36.4 Å². The van der Waals surface area contributed by atoms with Crippen molar-refractivity contribution < 1.29 is 9.53 Å². The molecule has 1 amide bonds. The summed E-state index contributed by atoms with van der Waals surface area (Å²) in [6.07, 6.45) is 4.10. The Balaban J connectivity index is 1.85. The van der Waals surface area contributed by atoms with Crippen LogP contribution in [0, 0.1) is 3.57 Å². The van der Waals surface area contributed by atoms with Gasteiger partial charge in [0.2, 0.25) is 0 Å². The summed E-state index contributed by atoms with van der Waals surface area (Å²) in [5.74, 6) is 0.379. The molecule has 0 aromatic heterocycles. The van der Waals surface area contributed by atoms with E-state index in [4.69, 9.17) is 4.74 Å². The van der Waals surface area contributed by atoms with E-state index < -0.39 is 0 Å². The molecule has 4 nitrogen and oxygen atoms in total. The van der Waals surface area contributed by atoms with Crippen LogP contribution in [0.15, 0.2) is 66.3 Å². The van der Waals surface area contributed by atoms with Crippen LogP contribution in [0.4, 0.5) is 0 Å². The number of nitrogens with zero attached hydrogens (tertiary/aromatic N) is 1. The summed E-state index contributed by atoms with van der Waals surface area (Å²) in [6.45, 7) is 3.63. The summed E-state index contributed by atoms with van der Waals surface area (Å²) in [4.78, 5) is 11.8. The first-order valence-electron chi connectivity index (χ1n) is 7.08. The van der Waals surface area contributed by atoms with Gasteiger partial charge in [-0.25, -0.2) is 5.43 Å². The summed E-state index contributed by atoms with van der Waals surface area (Å²) in [5.41, 5.74) is 4.38. The van der Waals surface area contributed by atoms with Crippen LogP contribution >= 0.6 is 22.6 Å². The predicted octanol–water partition coefficient (Wildman–Crippen LogP) is 3.55. The molecule has 0 spiro atoms. The molecular formula is C18H17IN2O2. The largest absolute Gasteiger partial charge is 0.483 e. The van der Waals surface area contributed by atoms with Crippen molar-refractivity contribution in [3.8, 4) is 5.75 Å². The Labute approximate surface area is 149 Å². The SMILES string of the molecule is C=CCc1ccccc1OCC(=O)NN=Cc1cccc(I)c1. The van der Waals surface area contributed by atoms with Crippen LogP contribution in [0.5, 0.6) is 5.75 Å². The normalized spacial score (nSPS) is 10.5. The number of para-hydroxylation sites is 1. The van der Waals surface area contributed by atoms with Crippen LogP contribution in [0.2, 0.25) is 0 Å². The van der Waals surface area contributed by atoms with E-state index in [1.165, 1.54) is 0 Å². The number of carbonyl (C=O) groups is 1. The van der Waals surface area contributed by atoms with Gasteiger partial charge in [0.15, 0.2) is 6.61 Å². The Morgan fingerprint density at radius 1 is 1.26 bits per heavy atom. The topological polar surface area (TPSA) is 50.7 Å². The molecule has 0 radical (unpaired) electrons. The summed E-state index contributed by atoms with van der Waals surface area (Å²) in [6, 6.07) is 15.4. The molecule has 0 aliphatic heterocycles. The van der Waals surface area contributed by atoms with Gasteiger partial charge in [-0.05, 0) is 58.3 Å². The van der Waals surface area contributed by atoms with E-state index in [2.05, 4.69) is 39.7 Å². The molecule has 2 aromatic rings. The fraction of sp³-hybridized carbons (Fsp3) is 0.111. The molecule has 1 N–H and O–H groups in total. The first-order chi connectivity index (χ1) is 11.2. The number of rotatable bonds is 7. The maximum absolute atomic E-state index is 11.8. The van der Waals surface area contributed by atoms with Gasteiger partial charge in [-0.15, -0.1) is 6.58 Å². The molecule has 0 saturated carbocycles. The maximum Gasteiger partial charge on any atom is 0.277 e. The second-order valence-corrected chi connectivity index (χ2v) is 5.98. The number of halogens is 1. The van der Waals surface area contributed by atoms with E-state index in [-0.39, 0.29) is 12.5 Å². The minimum absolute atomic E-state index is 0.0855. The molecule has 2 aromatic carbocycles. The van der Waals surface area contributed by atoms with Crippen LogP contribution in [-0.4, -0.2) is 18.7 Å². The van der Waals surface area contributed by atoms with Gasteiger partial charge in [-0.2, -0.15) is 5.10 Å². The van der Waals surface area contributed by atoms with Gasteiger partial charge in [0.25, 0.3) is 5.91 Å². The zero-order valence-corrected chi connectivity index (χ0v) is 14.7. The van der Waals surface area contributed by atoms with Crippen molar-refractivity contribution in [3.05, 3.63) is 75.9 Å². The second-order valence-electron chi connectivity index (χ2n) is 4.74. The lowest BCUT2D eigenvalue weighted by atomic mass is 10.1. The molecule has 0 heterocycles. The number of hydrazone groups is 1. The second kappa shape index (κ2) is 9.09. The summed E-state index contributed by atoms with van der Waals surface area (Å²) >= 11 is 2.22. The van der Waals surface area contributed by atoms with Crippen molar-refractivity contribution in [2.75, 3.05) is 6.61 Å². The Morgan fingerprint density at radius 2 is 2.09 bits per heavy atom. The lowest BCUT2D eigenvalue weighted by molar-refractivity contribution is -0.123. The number of allylic oxidation sites excluding steroid dienone is 1. The van der Waals surface area contributed by atoms with Gasteiger partial charge in [0, 0.05) is 3.57 Å². The fourth-order valence-electron chi connectivity index (χ4n) is 1.91. The summed E-state index contributed by atoms with van der Waals surface area (Å²) in [7, 11) is 0. The summed E-state index contributed by atoms with van der Waals surface area (Å²) in [5, 5.41) is 3.93. The molecular weight excluding hydrogens is 403 g/mol. The molecule has 0 atom stereocenters. The first kappa shape index (κ1) is 17.2. The maximum atomic E-state index is 11.8. The summed E-state index contributed by atoms with van der Waals surface area (Å²) < 4.78 is 6.65. The van der Waals surface area contributed by atoms with Crippen LogP contribution in [-0.2, 0) is 11.2 Å². The third-order valence-corrected chi connectivity index (χ3v) is 3.62. The third kappa shape index (κ3) is 5.86. The number of amides is 1. The van der Waals surface area contributed by atoms with E-state index in [0.29, 0.717) is 12.2 Å². The smallest absolute Gasteiger partial charge is 0.277 e. The molecule has 2 rings (SSSR count). The minimum atomic E-state index is -0.305. The Kier molecular flexibility index (Phi) is 6.80. The van der Waals surface area contributed by atoms with Gasteiger partial charge in [0.05, 0.1) is 6.21 Å². The molecule has 23 heavy (non-hydrogen) atoms. The Hall–Kier alpha value is -2.15. The number of nitrogens with one attached hydrogen (secondary N) is 1. The quantitative estimate of drug-likeness (QED) is 0.323. The van der Waals surface area contributed by atoms with E-state index in [1.807, 2.05) is 48.5 Å². The zero-order valence-electron chi connectivity index (χ0n) is 12.5. The van der Waals surface area contributed by atoms with Crippen LogP contribution in [0.1, 0.15) is 11.1 Å². The molecule has 0 aliphatic carbocycles. The molecule has 0 aliphatic rings. The van der Waals surface area contributed by atoms with Crippen molar-refractivity contribution in [1.29, 1.82) is 0 Å². The molecule has 0 bridgehead atoms. The number of ether oxygens (including phenoxy) is 1. The highest BCUT2D eigenvalue weighted by Gasteiger charge is 2.05. The molecule has 0 unspecified atom stereocenters. The average Bonchev–Trinajstić information content (AvgIpc) is 2.54. The highest BCUT2D eigenvalue weighted by Crippen LogP contribution is 2.18. The predicted molar refractivity (Wildman–Crippen MR) is 101 cm³/mol. The van der Waals surface area contributed by atoms with Crippen LogP contribution < -0.4 is 10.2 Å².